The highest BCUT2D eigenvalue weighted by Gasteiger charge is 2.42. The minimum atomic E-state index is -0.211. The van der Waals surface area contributed by atoms with Gasteiger partial charge in [-0.1, -0.05) is 13.8 Å². The first-order valence-electron chi connectivity index (χ1n) is 6.54. The molecule has 1 aromatic carbocycles. The molecule has 1 saturated carbocycles. The van der Waals surface area contributed by atoms with Crippen LogP contribution in [0.25, 0.3) is 0 Å². The number of nitrogens with one attached hydrogen (secondary N) is 1. The Morgan fingerprint density at radius 3 is 2.72 bits per heavy atom. The summed E-state index contributed by atoms with van der Waals surface area (Å²) in [4.78, 5) is 0. The molecule has 2 rings (SSSR count). The van der Waals surface area contributed by atoms with E-state index in [0.717, 1.165) is 24.2 Å². The van der Waals surface area contributed by atoms with Crippen LogP contribution in [0.5, 0.6) is 5.75 Å². The molecule has 2 atom stereocenters. The fourth-order valence-corrected chi connectivity index (χ4v) is 2.95. The predicted molar refractivity (Wildman–Crippen MR) is 71.4 cm³/mol. The molecule has 1 aliphatic carbocycles. The third-order valence-corrected chi connectivity index (χ3v) is 4.01. The minimum absolute atomic E-state index is 0.161. The lowest BCUT2D eigenvalue weighted by molar-refractivity contribution is 0.145. The highest BCUT2D eigenvalue weighted by atomic mass is 19.1. The zero-order valence-electron chi connectivity index (χ0n) is 11.6. The average molecular weight is 251 g/mol. The van der Waals surface area contributed by atoms with Crippen molar-refractivity contribution in [3.05, 3.63) is 29.6 Å². The summed E-state index contributed by atoms with van der Waals surface area (Å²) in [7, 11) is 1.98. The molecule has 0 bridgehead atoms. The van der Waals surface area contributed by atoms with Crippen LogP contribution in [0, 0.1) is 18.2 Å². The van der Waals surface area contributed by atoms with Crippen LogP contribution in [0.15, 0.2) is 18.2 Å². The van der Waals surface area contributed by atoms with Crippen molar-refractivity contribution in [2.24, 2.45) is 5.41 Å². The van der Waals surface area contributed by atoms with Crippen molar-refractivity contribution in [1.82, 2.24) is 5.32 Å². The Labute approximate surface area is 109 Å². The van der Waals surface area contributed by atoms with Crippen LogP contribution < -0.4 is 10.1 Å². The number of likely N-dealkylation sites (N-methyl/N-ethyl adjacent to an activating group) is 1. The second-order valence-corrected chi connectivity index (χ2v) is 5.86. The number of benzene rings is 1. The molecular weight excluding hydrogens is 229 g/mol. The molecule has 3 heteroatoms. The van der Waals surface area contributed by atoms with Crippen molar-refractivity contribution >= 4 is 0 Å². The Morgan fingerprint density at radius 1 is 1.39 bits per heavy atom. The Morgan fingerprint density at radius 2 is 2.11 bits per heavy atom. The molecule has 1 aromatic rings. The Hall–Kier alpha value is -1.09. The van der Waals surface area contributed by atoms with Gasteiger partial charge in [-0.3, -0.25) is 0 Å². The lowest BCUT2D eigenvalue weighted by atomic mass is 9.87. The first-order chi connectivity index (χ1) is 8.44. The summed E-state index contributed by atoms with van der Waals surface area (Å²) < 4.78 is 19.1. The van der Waals surface area contributed by atoms with Crippen molar-refractivity contribution < 1.29 is 9.13 Å². The van der Waals surface area contributed by atoms with E-state index in [0.29, 0.717) is 6.04 Å². The summed E-state index contributed by atoms with van der Waals surface area (Å²) in [6.07, 6.45) is 2.34. The molecule has 0 aliphatic heterocycles. The highest BCUT2D eigenvalue weighted by molar-refractivity contribution is 5.33. The number of aryl methyl sites for hydroxylation is 1. The lowest BCUT2D eigenvalue weighted by Gasteiger charge is -2.30. The molecule has 1 aliphatic rings. The summed E-state index contributed by atoms with van der Waals surface area (Å²) in [5.74, 6) is 0.580. The second kappa shape index (κ2) is 4.88. The van der Waals surface area contributed by atoms with E-state index in [1.54, 1.807) is 6.07 Å². The van der Waals surface area contributed by atoms with E-state index in [9.17, 15) is 4.39 Å². The van der Waals surface area contributed by atoms with Crippen molar-refractivity contribution in [3.63, 3.8) is 0 Å². The fraction of sp³-hybridized carbons (Fsp3) is 0.600. The summed E-state index contributed by atoms with van der Waals surface area (Å²) >= 11 is 0. The maximum absolute atomic E-state index is 13.1. The molecule has 0 spiro atoms. The van der Waals surface area contributed by atoms with Crippen LogP contribution in [0.4, 0.5) is 4.39 Å². The summed E-state index contributed by atoms with van der Waals surface area (Å²) in [5, 5.41) is 3.36. The minimum Gasteiger partial charge on any atom is -0.489 e. The molecule has 0 aromatic heterocycles. The normalized spacial score (nSPS) is 26.3. The third kappa shape index (κ3) is 2.51. The molecule has 0 heterocycles. The molecule has 1 fully saturated rings. The third-order valence-electron chi connectivity index (χ3n) is 4.01. The lowest BCUT2D eigenvalue weighted by Crippen LogP contribution is -2.44. The highest BCUT2D eigenvalue weighted by Crippen LogP contribution is 2.39. The van der Waals surface area contributed by atoms with Crippen molar-refractivity contribution in [1.29, 1.82) is 0 Å². The SMILES string of the molecule is CNC1C(Oc2ccc(F)cc2C)CCC1(C)C. The first kappa shape index (κ1) is 13.3. The number of halogens is 1. The number of rotatable bonds is 3. The predicted octanol–water partition coefficient (Wildman–Crippen LogP) is 3.29. The average Bonchev–Trinajstić information content (AvgIpc) is 2.57. The standard InChI is InChI=1S/C15H22FNO/c1-10-9-11(16)5-6-12(10)18-13-7-8-15(2,3)14(13)17-4/h5-6,9,13-14,17H,7-8H2,1-4H3. The zero-order chi connectivity index (χ0) is 13.3. The molecule has 2 unspecified atom stereocenters. The Kier molecular flexibility index (Phi) is 3.62. The van der Waals surface area contributed by atoms with Gasteiger partial charge in [-0.05, 0) is 56.0 Å². The van der Waals surface area contributed by atoms with Gasteiger partial charge in [-0.2, -0.15) is 0 Å². The first-order valence-corrected chi connectivity index (χ1v) is 6.54. The second-order valence-electron chi connectivity index (χ2n) is 5.86. The Bertz CT molecular complexity index is 431. The summed E-state index contributed by atoms with van der Waals surface area (Å²) in [6.45, 7) is 6.40. The fourth-order valence-electron chi connectivity index (χ4n) is 2.95. The van der Waals surface area contributed by atoms with Crippen LogP contribution in [0.1, 0.15) is 32.3 Å². The molecule has 0 saturated heterocycles. The molecule has 100 valence electrons. The number of ether oxygens (including phenoxy) is 1. The van der Waals surface area contributed by atoms with Gasteiger partial charge in [0, 0.05) is 6.04 Å². The quantitative estimate of drug-likeness (QED) is 0.890. The monoisotopic (exact) mass is 251 g/mol. The van der Waals surface area contributed by atoms with Gasteiger partial charge < -0.3 is 10.1 Å². The molecule has 18 heavy (non-hydrogen) atoms. The maximum atomic E-state index is 13.1. The van der Waals surface area contributed by atoms with Gasteiger partial charge in [-0.25, -0.2) is 4.39 Å². The van der Waals surface area contributed by atoms with Gasteiger partial charge >= 0.3 is 0 Å². The van der Waals surface area contributed by atoms with Gasteiger partial charge in [0.2, 0.25) is 0 Å². The summed E-state index contributed by atoms with van der Waals surface area (Å²) in [6, 6.07) is 5.03. The van der Waals surface area contributed by atoms with Crippen molar-refractivity contribution in [2.45, 2.75) is 45.8 Å². The van der Waals surface area contributed by atoms with Gasteiger partial charge in [0.05, 0.1) is 0 Å². The van der Waals surface area contributed by atoms with E-state index in [2.05, 4.69) is 19.2 Å². The number of hydrogen-bond acceptors (Lipinski definition) is 2. The van der Waals surface area contributed by atoms with E-state index < -0.39 is 0 Å². The van der Waals surface area contributed by atoms with E-state index in [1.165, 1.54) is 12.1 Å². The summed E-state index contributed by atoms with van der Waals surface area (Å²) in [5.41, 5.74) is 1.10. The van der Waals surface area contributed by atoms with Gasteiger partial charge in [0.15, 0.2) is 0 Å². The van der Waals surface area contributed by atoms with Crippen LogP contribution in [-0.4, -0.2) is 19.2 Å². The van der Waals surface area contributed by atoms with E-state index >= 15 is 0 Å². The van der Waals surface area contributed by atoms with Crippen molar-refractivity contribution in [3.8, 4) is 5.75 Å². The Balaban J connectivity index is 2.14. The molecule has 0 radical (unpaired) electrons. The number of hydrogen-bond donors (Lipinski definition) is 1. The van der Waals surface area contributed by atoms with Crippen LogP contribution in [0.2, 0.25) is 0 Å². The van der Waals surface area contributed by atoms with E-state index in [4.69, 9.17) is 4.74 Å². The van der Waals surface area contributed by atoms with Gasteiger partial charge in [0.25, 0.3) is 0 Å². The van der Waals surface area contributed by atoms with Gasteiger partial charge in [-0.15, -0.1) is 0 Å². The topological polar surface area (TPSA) is 21.3 Å². The molecular formula is C15H22FNO. The zero-order valence-corrected chi connectivity index (χ0v) is 11.6. The van der Waals surface area contributed by atoms with Crippen LogP contribution in [0.3, 0.4) is 0 Å². The van der Waals surface area contributed by atoms with Crippen LogP contribution >= 0.6 is 0 Å². The maximum Gasteiger partial charge on any atom is 0.123 e. The smallest absolute Gasteiger partial charge is 0.123 e. The van der Waals surface area contributed by atoms with Crippen molar-refractivity contribution in [2.75, 3.05) is 7.05 Å². The molecule has 2 nitrogen and oxygen atoms in total. The largest absolute Gasteiger partial charge is 0.489 e. The van der Waals surface area contributed by atoms with Crippen LogP contribution in [-0.2, 0) is 0 Å². The van der Waals surface area contributed by atoms with E-state index in [-0.39, 0.29) is 17.3 Å². The van der Waals surface area contributed by atoms with Gasteiger partial charge in [0.1, 0.15) is 17.7 Å². The molecule has 1 N–H and O–H groups in total. The van der Waals surface area contributed by atoms with E-state index in [1.807, 2.05) is 14.0 Å². The molecule has 0 amide bonds.